The van der Waals surface area contributed by atoms with Crippen molar-refractivity contribution in [2.45, 2.75) is 0 Å². The van der Waals surface area contributed by atoms with Crippen LogP contribution in [0.5, 0.6) is 5.75 Å². The van der Waals surface area contributed by atoms with E-state index < -0.39 is 0 Å². The summed E-state index contributed by atoms with van der Waals surface area (Å²) in [6.07, 6.45) is 1.69. The lowest BCUT2D eigenvalue weighted by molar-refractivity contribution is 0.415. The number of nitrogens with one attached hydrogen (secondary N) is 1. The summed E-state index contributed by atoms with van der Waals surface area (Å²) in [4.78, 5) is 0. The van der Waals surface area contributed by atoms with Crippen molar-refractivity contribution in [3.63, 3.8) is 0 Å². The average Bonchev–Trinajstić information content (AvgIpc) is 2.57. The van der Waals surface area contributed by atoms with Crippen LogP contribution in [0, 0.1) is 0 Å². The van der Waals surface area contributed by atoms with Gasteiger partial charge in [0, 0.05) is 10.8 Å². The summed E-state index contributed by atoms with van der Waals surface area (Å²) in [6, 6.07) is 15.2. The second-order valence-electron chi connectivity index (χ2n) is 4.53. The molecule has 0 atom stereocenters. The van der Waals surface area contributed by atoms with Gasteiger partial charge in [0.15, 0.2) is 11.0 Å². The standard InChI is InChI=1S/C16H13ClN4O/c1-22-12-6-4-5-11(9-12)10-18-20-16-14-8-3-2-7-13(14)15(17)19-21-16/h2-10H,1H3,(H,20,21)/b18-10+. The van der Waals surface area contributed by atoms with E-state index in [1.54, 1.807) is 13.3 Å². The fourth-order valence-corrected chi connectivity index (χ4v) is 2.25. The Bertz CT molecular complexity index is 835. The number of fused-ring (bicyclic) bond motifs is 1. The van der Waals surface area contributed by atoms with Crippen LogP contribution in [0.2, 0.25) is 5.15 Å². The summed E-state index contributed by atoms with van der Waals surface area (Å²) in [7, 11) is 1.63. The molecule has 2 aromatic carbocycles. The van der Waals surface area contributed by atoms with Crippen LogP contribution in [0.15, 0.2) is 53.6 Å². The highest BCUT2D eigenvalue weighted by atomic mass is 35.5. The number of hydrogen-bond donors (Lipinski definition) is 1. The molecule has 0 unspecified atom stereocenters. The third-order valence-corrected chi connectivity index (χ3v) is 3.40. The van der Waals surface area contributed by atoms with Gasteiger partial charge in [0.2, 0.25) is 0 Å². The predicted octanol–water partition coefficient (Wildman–Crippen LogP) is 3.74. The summed E-state index contributed by atoms with van der Waals surface area (Å²) in [5, 5.41) is 14.2. The molecule has 110 valence electrons. The van der Waals surface area contributed by atoms with Gasteiger partial charge in [-0.05, 0) is 17.7 Å². The summed E-state index contributed by atoms with van der Waals surface area (Å²) in [5.74, 6) is 1.33. The molecule has 1 heterocycles. The molecule has 6 heteroatoms. The van der Waals surface area contributed by atoms with Gasteiger partial charge in [-0.15, -0.1) is 10.2 Å². The summed E-state index contributed by atoms with van der Waals surface area (Å²) < 4.78 is 5.17. The Hall–Kier alpha value is -2.66. The highest BCUT2D eigenvalue weighted by molar-refractivity contribution is 6.34. The average molecular weight is 313 g/mol. The van der Waals surface area contributed by atoms with E-state index in [-0.39, 0.29) is 0 Å². The number of methoxy groups -OCH3 is 1. The van der Waals surface area contributed by atoms with E-state index in [0.29, 0.717) is 11.0 Å². The highest BCUT2D eigenvalue weighted by Crippen LogP contribution is 2.25. The van der Waals surface area contributed by atoms with E-state index in [9.17, 15) is 0 Å². The van der Waals surface area contributed by atoms with Crippen LogP contribution in [-0.4, -0.2) is 23.5 Å². The van der Waals surface area contributed by atoms with Gasteiger partial charge in [0.05, 0.1) is 13.3 Å². The van der Waals surface area contributed by atoms with E-state index in [1.165, 1.54) is 0 Å². The lowest BCUT2D eigenvalue weighted by Gasteiger charge is -2.04. The van der Waals surface area contributed by atoms with Crippen LogP contribution in [0.3, 0.4) is 0 Å². The minimum Gasteiger partial charge on any atom is -0.497 e. The van der Waals surface area contributed by atoms with Gasteiger partial charge in [0.25, 0.3) is 0 Å². The zero-order valence-corrected chi connectivity index (χ0v) is 12.6. The van der Waals surface area contributed by atoms with E-state index >= 15 is 0 Å². The van der Waals surface area contributed by atoms with E-state index in [2.05, 4.69) is 20.7 Å². The summed E-state index contributed by atoms with van der Waals surface area (Å²) in [6.45, 7) is 0. The predicted molar refractivity (Wildman–Crippen MR) is 88.8 cm³/mol. The molecule has 0 aliphatic heterocycles. The molecular weight excluding hydrogens is 300 g/mol. The van der Waals surface area contributed by atoms with Crippen LogP contribution >= 0.6 is 11.6 Å². The Morgan fingerprint density at radius 2 is 1.91 bits per heavy atom. The van der Waals surface area contributed by atoms with Gasteiger partial charge in [-0.2, -0.15) is 5.10 Å². The SMILES string of the molecule is COc1cccc(/C=N/Nc2nnc(Cl)c3ccccc23)c1. The van der Waals surface area contributed by atoms with Crippen LogP contribution in [0.4, 0.5) is 5.82 Å². The number of hydrazone groups is 1. The number of halogens is 1. The van der Waals surface area contributed by atoms with Crippen LogP contribution in [0.25, 0.3) is 10.8 Å². The minimum atomic E-state index is 0.373. The zero-order chi connectivity index (χ0) is 15.4. The number of hydrogen-bond acceptors (Lipinski definition) is 5. The molecular formula is C16H13ClN4O. The molecule has 0 fully saturated rings. The highest BCUT2D eigenvalue weighted by Gasteiger charge is 2.06. The van der Waals surface area contributed by atoms with Crippen molar-refractivity contribution in [3.8, 4) is 5.75 Å². The van der Waals surface area contributed by atoms with Crippen molar-refractivity contribution in [1.29, 1.82) is 0 Å². The van der Waals surface area contributed by atoms with Crippen molar-refractivity contribution in [1.82, 2.24) is 10.2 Å². The van der Waals surface area contributed by atoms with E-state index in [1.807, 2.05) is 48.5 Å². The molecule has 3 aromatic rings. The molecule has 0 saturated heterocycles. The monoisotopic (exact) mass is 312 g/mol. The third kappa shape index (κ3) is 2.99. The number of nitrogens with zero attached hydrogens (tertiary/aromatic N) is 3. The molecule has 3 rings (SSSR count). The van der Waals surface area contributed by atoms with Crippen molar-refractivity contribution >= 4 is 34.4 Å². The smallest absolute Gasteiger partial charge is 0.176 e. The first kappa shape index (κ1) is 14.3. The second kappa shape index (κ2) is 6.41. The fourth-order valence-electron chi connectivity index (χ4n) is 2.04. The number of ether oxygens (including phenoxy) is 1. The molecule has 0 aliphatic carbocycles. The van der Waals surface area contributed by atoms with Crippen LogP contribution in [0.1, 0.15) is 5.56 Å². The molecule has 0 bridgehead atoms. The summed E-state index contributed by atoms with van der Waals surface area (Å²) in [5.41, 5.74) is 3.81. The van der Waals surface area contributed by atoms with Gasteiger partial charge < -0.3 is 4.74 Å². The van der Waals surface area contributed by atoms with E-state index in [4.69, 9.17) is 16.3 Å². The first-order chi connectivity index (χ1) is 10.8. The van der Waals surface area contributed by atoms with E-state index in [0.717, 1.165) is 22.1 Å². The molecule has 0 spiro atoms. The molecule has 0 saturated carbocycles. The maximum atomic E-state index is 6.04. The molecule has 0 radical (unpaired) electrons. The quantitative estimate of drug-likeness (QED) is 0.589. The maximum absolute atomic E-state index is 6.04. The Morgan fingerprint density at radius 1 is 1.09 bits per heavy atom. The van der Waals surface area contributed by atoms with Crippen molar-refractivity contribution in [2.75, 3.05) is 12.5 Å². The number of rotatable bonds is 4. The van der Waals surface area contributed by atoms with Crippen molar-refractivity contribution in [3.05, 3.63) is 59.2 Å². The van der Waals surface area contributed by atoms with Crippen molar-refractivity contribution < 1.29 is 4.74 Å². The molecule has 1 aromatic heterocycles. The van der Waals surface area contributed by atoms with Crippen LogP contribution in [-0.2, 0) is 0 Å². The molecule has 0 amide bonds. The van der Waals surface area contributed by atoms with Gasteiger partial charge >= 0.3 is 0 Å². The summed E-state index contributed by atoms with van der Waals surface area (Å²) >= 11 is 6.04. The third-order valence-electron chi connectivity index (χ3n) is 3.12. The van der Waals surface area contributed by atoms with Crippen molar-refractivity contribution in [2.24, 2.45) is 5.10 Å². The number of aromatic nitrogens is 2. The second-order valence-corrected chi connectivity index (χ2v) is 4.89. The van der Waals surface area contributed by atoms with Gasteiger partial charge in [0.1, 0.15) is 5.75 Å². The lowest BCUT2D eigenvalue weighted by Crippen LogP contribution is -1.97. The molecule has 1 N–H and O–H groups in total. The van der Waals surface area contributed by atoms with Gasteiger partial charge in [-0.1, -0.05) is 48.0 Å². The lowest BCUT2D eigenvalue weighted by atomic mass is 10.2. The Balaban J connectivity index is 1.85. The number of anilines is 1. The zero-order valence-electron chi connectivity index (χ0n) is 11.8. The first-order valence-electron chi connectivity index (χ1n) is 6.62. The minimum absolute atomic E-state index is 0.373. The fraction of sp³-hybridized carbons (Fsp3) is 0.0625. The van der Waals surface area contributed by atoms with Gasteiger partial charge in [-0.3, -0.25) is 5.43 Å². The Labute approximate surface area is 132 Å². The molecule has 22 heavy (non-hydrogen) atoms. The van der Waals surface area contributed by atoms with Crippen LogP contribution < -0.4 is 10.2 Å². The normalized spacial score (nSPS) is 11.0. The topological polar surface area (TPSA) is 59.4 Å². The molecule has 0 aliphatic rings. The molecule has 5 nitrogen and oxygen atoms in total. The first-order valence-corrected chi connectivity index (χ1v) is 7.00. The van der Waals surface area contributed by atoms with Gasteiger partial charge in [-0.25, -0.2) is 0 Å². The largest absolute Gasteiger partial charge is 0.497 e. The maximum Gasteiger partial charge on any atom is 0.176 e. The Kier molecular flexibility index (Phi) is 4.16. The number of benzene rings is 2. The Morgan fingerprint density at radius 3 is 2.73 bits per heavy atom.